The van der Waals surface area contributed by atoms with Crippen LogP contribution in [0.1, 0.15) is 29.8 Å². The first kappa shape index (κ1) is 19.8. The molecule has 0 aliphatic rings. The summed E-state index contributed by atoms with van der Waals surface area (Å²) in [6.45, 7) is 3.95. The summed E-state index contributed by atoms with van der Waals surface area (Å²) in [5.41, 5.74) is 0.698. The Morgan fingerprint density at radius 2 is 1.65 bits per heavy atom. The Labute approximate surface area is 158 Å². The molecule has 0 atom stereocenters. The molecule has 0 aliphatic heterocycles. The highest BCUT2D eigenvalue weighted by Gasteiger charge is 2.28. The normalized spacial score (nSPS) is 10.9. The maximum atomic E-state index is 12.0. The minimum atomic E-state index is -0.942. The van der Waals surface area contributed by atoms with Crippen molar-refractivity contribution in [2.45, 2.75) is 25.9 Å². The third-order valence-electron chi connectivity index (χ3n) is 3.88. The van der Waals surface area contributed by atoms with Crippen molar-refractivity contribution in [2.24, 2.45) is 0 Å². The predicted molar refractivity (Wildman–Crippen MR) is 103 cm³/mol. The molecule has 26 heavy (non-hydrogen) atoms. The van der Waals surface area contributed by atoms with E-state index in [2.05, 4.69) is 10.6 Å². The average molecular weight is 375 g/mol. The minimum absolute atomic E-state index is 0.131. The van der Waals surface area contributed by atoms with Gasteiger partial charge in [0.25, 0.3) is 11.8 Å². The first-order chi connectivity index (χ1) is 12.3. The highest BCUT2D eigenvalue weighted by molar-refractivity contribution is 6.30. The van der Waals surface area contributed by atoms with Gasteiger partial charge < -0.3 is 15.4 Å². The SMILES string of the molecule is CNC(=O)C(C)(C)Oc1ccc(CCNC(=O)c2ccc(Cl)cc2)cc1. The Hall–Kier alpha value is -2.53. The zero-order chi connectivity index (χ0) is 19.2. The van der Waals surface area contributed by atoms with Crippen LogP contribution in [0.4, 0.5) is 0 Å². The number of carbonyl (C=O) groups is 2. The van der Waals surface area contributed by atoms with Crippen LogP contribution in [-0.2, 0) is 11.2 Å². The van der Waals surface area contributed by atoms with Crippen molar-refractivity contribution in [3.63, 3.8) is 0 Å². The zero-order valence-corrected chi connectivity index (χ0v) is 15.9. The van der Waals surface area contributed by atoms with Crippen LogP contribution >= 0.6 is 11.6 Å². The van der Waals surface area contributed by atoms with E-state index in [4.69, 9.17) is 16.3 Å². The highest BCUT2D eigenvalue weighted by atomic mass is 35.5. The topological polar surface area (TPSA) is 67.4 Å². The van der Waals surface area contributed by atoms with Crippen LogP contribution in [0.3, 0.4) is 0 Å². The second kappa shape index (κ2) is 8.72. The van der Waals surface area contributed by atoms with Gasteiger partial charge in [0, 0.05) is 24.2 Å². The summed E-state index contributed by atoms with van der Waals surface area (Å²) in [5.74, 6) is 0.299. The number of benzene rings is 2. The number of likely N-dealkylation sites (N-methyl/N-ethyl adjacent to an activating group) is 1. The van der Waals surface area contributed by atoms with Crippen LogP contribution < -0.4 is 15.4 Å². The molecule has 0 heterocycles. The fraction of sp³-hybridized carbons (Fsp3) is 0.300. The summed E-state index contributed by atoms with van der Waals surface area (Å²) in [4.78, 5) is 23.8. The number of ether oxygens (including phenoxy) is 1. The second-order valence-corrected chi connectivity index (χ2v) is 6.78. The maximum absolute atomic E-state index is 12.0. The lowest BCUT2D eigenvalue weighted by molar-refractivity contribution is -0.133. The summed E-state index contributed by atoms with van der Waals surface area (Å²) >= 11 is 5.81. The van der Waals surface area contributed by atoms with Gasteiger partial charge in [0.15, 0.2) is 5.60 Å². The number of nitrogens with one attached hydrogen (secondary N) is 2. The van der Waals surface area contributed by atoms with Crippen molar-refractivity contribution in [3.05, 3.63) is 64.7 Å². The minimum Gasteiger partial charge on any atom is -0.478 e. The first-order valence-corrected chi connectivity index (χ1v) is 8.73. The molecule has 138 valence electrons. The van der Waals surface area contributed by atoms with Gasteiger partial charge in [-0.15, -0.1) is 0 Å². The van der Waals surface area contributed by atoms with Crippen molar-refractivity contribution >= 4 is 23.4 Å². The van der Waals surface area contributed by atoms with Crippen molar-refractivity contribution in [3.8, 4) is 5.75 Å². The van der Waals surface area contributed by atoms with E-state index in [-0.39, 0.29) is 11.8 Å². The molecule has 2 N–H and O–H groups in total. The van der Waals surface area contributed by atoms with E-state index >= 15 is 0 Å². The van der Waals surface area contributed by atoms with Crippen LogP contribution in [0.2, 0.25) is 5.02 Å². The molecule has 2 amide bonds. The summed E-state index contributed by atoms with van der Waals surface area (Å²) in [5, 5.41) is 6.06. The van der Waals surface area contributed by atoms with Crippen molar-refractivity contribution in [1.82, 2.24) is 10.6 Å². The first-order valence-electron chi connectivity index (χ1n) is 8.36. The molecule has 0 fully saturated rings. The Balaban J connectivity index is 1.84. The van der Waals surface area contributed by atoms with E-state index in [0.717, 1.165) is 5.56 Å². The number of hydrogen-bond donors (Lipinski definition) is 2. The Morgan fingerprint density at radius 3 is 2.23 bits per heavy atom. The standard InChI is InChI=1S/C20H23ClN2O3/c1-20(2,19(25)22-3)26-17-10-4-14(5-11-17)12-13-23-18(24)15-6-8-16(21)9-7-15/h4-11H,12-13H2,1-3H3,(H,22,25)(H,23,24). The quantitative estimate of drug-likeness (QED) is 0.782. The molecule has 0 radical (unpaired) electrons. The smallest absolute Gasteiger partial charge is 0.263 e. The third kappa shape index (κ3) is 5.49. The number of amides is 2. The van der Waals surface area contributed by atoms with Crippen LogP contribution in [-0.4, -0.2) is 31.0 Å². The lowest BCUT2D eigenvalue weighted by atomic mass is 10.1. The van der Waals surface area contributed by atoms with Gasteiger partial charge >= 0.3 is 0 Å². The molecule has 6 heteroatoms. The Kier molecular flexibility index (Phi) is 6.64. The molecule has 2 aromatic rings. The average Bonchev–Trinajstić information content (AvgIpc) is 2.62. The van der Waals surface area contributed by atoms with Gasteiger partial charge in [0.2, 0.25) is 0 Å². The summed E-state index contributed by atoms with van der Waals surface area (Å²) in [7, 11) is 1.58. The second-order valence-electron chi connectivity index (χ2n) is 6.35. The fourth-order valence-corrected chi connectivity index (χ4v) is 2.52. The lowest BCUT2D eigenvalue weighted by Crippen LogP contribution is -2.45. The predicted octanol–water partition coefficient (Wildman–Crippen LogP) is 3.22. The monoisotopic (exact) mass is 374 g/mol. The van der Waals surface area contributed by atoms with Crippen LogP contribution in [0.25, 0.3) is 0 Å². The summed E-state index contributed by atoms with van der Waals surface area (Å²) in [6.07, 6.45) is 0.693. The molecule has 0 bridgehead atoms. The zero-order valence-electron chi connectivity index (χ0n) is 15.1. The van der Waals surface area contributed by atoms with Gasteiger partial charge in [-0.2, -0.15) is 0 Å². The van der Waals surface area contributed by atoms with Gasteiger partial charge in [-0.05, 0) is 62.2 Å². The molecule has 0 spiro atoms. The van der Waals surface area contributed by atoms with Crippen LogP contribution in [0, 0.1) is 0 Å². The third-order valence-corrected chi connectivity index (χ3v) is 4.13. The van der Waals surface area contributed by atoms with E-state index in [1.54, 1.807) is 45.2 Å². The van der Waals surface area contributed by atoms with E-state index in [0.29, 0.717) is 29.3 Å². The molecule has 2 rings (SSSR count). The van der Waals surface area contributed by atoms with E-state index in [9.17, 15) is 9.59 Å². The van der Waals surface area contributed by atoms with Crippen molar-refractivity contribution in [2.75, 3.05) is 13.6 Å². The van der Waals surface area contributed by atoms with Crippen molar-refractivity contribution < 1.29 is 14.3 Å². The Bertz CT molecular complexity index is 756. The molecule has 0 aromatic heterocycles. The van der Waals surface area contributed by atoms with Crippen LogP contribution in [0.15, 0.2) is 48.5 Å². The molecular weight excluding hydrogens is 352 g/mol. The fourth-order valence-electron chi connectivity index (χ4n) is 2.39. The molecule has 5 nitrogen and oxygen atoms in total. The van der Waals surface area contributed by atoms with E-state index in [1.165, 1.54) is 0 Å². The summed E-state index contributed by atoms with van der Waals surface area (Å²) in [6, 6.07) is 14.2. The Morgan fingerprint density at radius 1 is 1.04 bits per heavy atom. The molecule has 0 aliphatic carbocycles. The maximum Gasteiger partial charge on any atom is 0.263 e. The van der Waals surface area contributed by atoms with E-state index < -0.39 is 5.60 Å². The molecule has 0 unspecified atom stereocenters. The highest BCUT2D eigenvalue weighted by Crippen LogP contribution is 2.19. The van der Waals surface area contributed by atoms with Gasteiger partial charge in [-0.3, -0.25) is 9.59 Å². The van der Waals surface area contributed by atoms with E-state index in [1.807, 2.05) is 24.3 Å². The van der Waals surface area contributed by atoms with Gasteiger partial charge in [0.1, 0.15) is 5.75 Å². The lowest BCUT2D eigenvalue weighted by Gasteiger charge is -2.24. The largest absolute Gasteiger partial charge is 0.478 e. The molecule has 2 aromatic carbocycles. The molecular formula is C20H23ClN2O3. The van der Waals surface area contributed by atoms with Gasteiger partial charge in [-0.25, -0.2) is 0 Å². The number of hydrogen-bond acceptors (Lipinski definition) is 3. The molecule has 0 saturated carbocycles. The number of halogens is 1. The van der Waals surface area contributed by atoms with Gasteiger partial charge in [-0.1, -0.05) is 23.7 Å². The van der Waals surface area contributed by atoms with Gasteiger partial charge in [0.05, 0.1) is 0 Å². The molecule has 0 saturated heterocycles. The van der Waals surface area contributed by atoms with Crippen molar-refractivity contribution in [1.29, 1.82) is 0 Å². The summed E-state index contributed by atoms with van der Waals surface area (Å²) < 4.78 is 5.73. The number of carbonyl (C=O) groups excluding carboxylic acids is 2. The number of rotatable bonds is 7. The van der Waals surface area contributed by atoms with Crippen LogP contribution in [0.5, 0.6) is 5.75 Å².